The minimum atomic E-state index is -2.03. The predicted molar refractivity (Wildman–Crippen MR) is 178 cm³/mol. The third kappa shape index (κ3) is 7.65. The lowest BCUT2D eigenvalue weighted by Crippen LogP contribution is -2.61. The van der Waals surface area contributed by atoms with Gasteiger partial charge in [0, 0.05) is 11.6 Å². The Kier molecular flexibility index (Phi) is 12.1. The molecular weight excluding hydrogens is 744 g/mol. The lowest BCUT2D eigenvalue weighted by atomic mass is 9.98. The normalized spacial score (nSPS) is 36.8. The summed E-state index contributed by atoms with van der Waals surface area (Å²) < 4.78 is 45.1. The summed E-state index contributed by atoms with van der Waals surface area (Å²) >= 11 is 0. The number of phenols is 2. The summed E-state index contributed by atoms with van der Waals surface area (Å²) in [6.45, 7) is -0.00313. The maximum atomic E-state index is 14.3. The van der Waals surface area contributed by atoms with Crippen LogP contribution in [0.3, 0.4) is 0 Å². The summed E-state index contributed by atoms with van der Waals surface area (Å²) in [5, 5.41) is 124. The fourth-order valence-electron chi connectivity index (χ4n) is 6.37. The minimum absolute atomic E-state index is 0.0673. The van der Waals surface area contributed by atoms with E-state index >= 15 is 0 Å². The molecule has 0 bridgehead atoms. The van der Waals surface area contributed by atoms with Crippen LogP contribution in [0.15, 0.2) is 39.5 Å². The van der Waals surface area contributed by atoms with Crippen molar-refractivity contribution in [2.75, 3.05) is 20.3 Å². The van der Waals surface area contributed by atoms with Gasteiger partial charge in [-0.05, 0) is 31.2 Å². The number of aliphatic hydroxyl groups excluding tert-OH is 10. The highest BCUT2D eigenvalue weighted by Crippen LogP contribution is 2.45. The number of hydrogen-bond acceptors (Lipinski definition) is 21. The number of rotatable bonds is 10. The fraction of sp³-hybridized carbons (Fsp3) is 0.559. The van der Waals surface area contributed by atoms with Crippen LogP contribution in [0.4, 0.5) is 0 Å². The lowest BCUT2D eigenvalue weighted by Gasteiger charge is -2.42. The number of ether oxygens (including phenoxy) is 7. The predicted octanol–water partition coefficient (Wildman–Crippen LogP) is -3.91. The molecule has 0 radical (unpaired) electrons. The molecule has 0 aliphatic carbocycles. The summed E-state index contributed by atoms with van der Waals surface area (Å²) in [5.41, 5.74) is -1.51. The topological polar surface area (TPSA) is 338 Å². The van der Waals surface area contributed by atoms with Gasteiger partial charge in [0.15, 0.2) is 23.4 Å². The van der Waals surface area contributed by atoms with Crippen molar-refractivity contribution >= 4 is 11.0 Å². The van der Waals surface area contributed by atoms with E-state index in [1.807, 2.05) is 0 Å². The van der Waals surface area contributed by atoms with Gasteiger partial charge < -0.3 is 98.9 Å². The maximum absolute atomic E-state index is 14.3. The maximum Gasteiger partial charge on any atom is 0.239 e. The average Bonchev–Trinajstić information content (AvgIpc) is 3.16. The first kappa shape index (κ1) is 40.7. The molecular formula is C34H42O21. The second-order valence-electron chi connectivity index (χ2n) is 13.2. The molecule has 3 aliphatic heterocycles. The van der Waals surface area contributed by atoms with Crippen LogP contribution in [0, 0.1) is 0 Å². The molecule has 3 fully saturated rings. The number of hydrogen-bond donors (Lipinski definition) is 12. The highest BCUT2D eigenvalue weighted by Gasteiger charge is 2.48. The average molecular weight is 787 g/mol. The van der Waals surface area contributed by atoms with Crippen molar-refractivity contribution in [3.8, 4) is 40.1 Å². The molecule has 0 unspecified atom stereocenters. The highest BCUT2D eigenvalue weighted by molar-refractivity contribution is 5.93. The largest absolute Gasteiger partial charge is 0.508 e. The van der Waals surface area contributed by atoms with Gasteiger partial charge in [-0.25, -0.2) is 0 Å². The number of benzene rings is 2. The first-order valence-corrected chi connectivity index (χ1v) is 16.9. The summed E-state index contributed by atoms with van der Waals surface area (Å²) in [7, 11) is 1.14. The van der Waals surface area contributed by atoms with Crippen molar-refractivity contribution in [1.29, 1.82) is 0 Å². The van der Waals surface area contributed by atoms with Gasteiger partial charge in [-0.15, -0.1) is 0 Å². The van der Waals surface area contributed by atoms with Gasteiger partial charge in [-0.2, -0.15) is 0 Å². The molecule has 55 heavy (non-hydrogen) atoms. The van der Waals surface area contributed by atoms with E-state index in [9.17, 15) is 66.1 Å². The van der Waals surface area contributed by atoms with Gasteiger partial charge in [0.25, 0.3) is 0 Å². The molecule has 21 heteroatoms. The molecule has 3 saturated heterocycles. The first-order chi connectivity index (χ1) is 26.1. The zero-order valence-corrected chi connectivity index (χ0v) is 29.0. The summed E-state index contributed by atoms with van der Waals surface area (Å²) in [6, 6.07) is 5.95. The third-order valence-electron chi connectivity index (χ3n) is 9.59. The Labute approximate surface area is 309 Å². The number of fused-ring (bicyclic) bond motifs is 1. The molecule has 3 aliphatic rings. The van der Waals surface area contributed by atoms with Crippen molar-refractivity contribution in [1.82, 2.24) is 0 Å². The summed E-state index contributed by atoms with van der Waals surface area (Å²) in [5.74, 6) is -2.90. The van der Waals surface area contributed by atoms with Crippen LogP contribution < -0.4 is 19.6 Å². The number of methoxy groups -OCH3 is 1. The van der Waals surface area contributed by atoms with E-state index in [4.69, 9.17) is 37.6 Å². The van der Waals surface area contributed by atoms with Crippen LogP contribution >= 0.6 is 0 Å². The van der Waals surface area contributed by atoms with Gasteiger partial charge in [0.1, 0.15) is 84.0 Å². The van der Waals surface area contributed by atoms with E-state index in [2.05, 4.69) is 0 Å². The van der Waals surface area contributed by atoms with E-state index in [1.165, 1.54) is 31.2 Å². The van der Waals surface area contributed by atoms with E-state index in [0.717, 1.165) is 13.2 Å². The molecule has 1 aromatic heterocycles. The molecule has 15 atom stereocenters. The monoisotopic (exact) mass is 786 g/mol. The second-order valence-corrected chi connectivity index (χ2v) is 13.2. The molecule has 0 spiro atoms. The lowest BCUT2D eigenvalue weighted by molar-refractivity contribution is -0.318. The first-order valence-electron chi connectivity index (χ1n) is 16.9. The Morgan fingerprint density at radius 1 is 0.673 bits per heavy atom. The van der Waals surface area contributed by atoms with Crippen molar-refractivity contribution < 1.29 is 98.9 Å². The van der Waals surface area contributed by atoms with Crippen LogP contribution in [0.1, 0.15) is 6.92 Å². The number of aromatic hydroxyl groups is 2. The molecule has 4 heterocycles. The Morgan fingerprint density at radius 3 is 1.85 bits per heavy atom. The molecule has 0 amide bonds. The number of aliphatic hydroxyl groups is 10. The molecule has 3 aromatic rings. The van der Waals surface area contributed by atoms with Crippen molar-refractivity contribution in [2.24, 2.45) is 0 Å². The standard InChI is InChI=1S/C34H42O21/c1-10-18(38)22(42)25(45)32(50-10)49-9-16-20(40)24(44)27(47)34(53-16)55-31-21(41)17-13(37)7-14(51-33-26(46)23(43)19(39)15(8-35)52-33)29(48-2)30(17)54-28(31)11-3-5-12(36)6-4-11/h3-7,10,15-16,18-20,22-27,32-40,42-47H,8-9H2,1-2H3/t10-,15+,16+,18+,19+,20-,22+,23-,24+,25+,26+,27-,32+,33-,34-/m1/s1. The molecule has 21 nitrogen and oxygen atoms in total. The Morgan fingerprint density at radius 2 is 1.24 bits per heavy atom. The van der Waals surface area contributed by atoms with Crippen molar-refractivity contribution in [3.05, 3.63) is 40.6 Å². The molecule has 304 valence electrons. The smallest absolute Gasteiger partial charge is 0.239 e. The Hall–Kier alpha value is -3.91. The highest BCUT2D eigenvalue weighted by atomic mass is 16.7. The van der Waals surface area contributed by atoms with Gasteiger partial charge in [-0.1, -0.05) is 0 Å². The molecule has 0 saturated carbocycles. The fourth-order valence-corrected chi connectivity index (χ4v) is 6.37. The quantitative estimate of drug-likeness (QED) is 0.0934. The molecule has 2 aromatic carbocycles. The van der Waals surface area contributed by atoms with Gasteiger partial charge in [0.2, 0.25) is 29.5 Å². The van der Waals surface area contributed by atoms with Crippen LogP contribution in [0.25, 0.3) is 22.3 Å². The van der Waals surface area contributed by atoms with Crippen molar-refractivity contribution in [3.63, 3.8) is 0 Å². The zero-order chi connectivity index (χ0) is 40.0. The van der Waals surface area contributed by atoms with Crippen LogP contribution in [0.2, 0.25) is 0 Å². The zero-order valence-electron chi connectivity index (χ0n) is 29.0. The Balaban J connectivity index is 1.37. The molecule has 12 N–H and O–H groups in total. The van der Waals surface area contributed by atoms with Crippen LogP contribution in [-0.4, -0.2) is 174 Å². The summed E-state index contributed by atoms with van der Waals surface area (Å²) in [6.07, 6.45) is -25.1. The van der Waals surface area contributed by atoms with Gasteiger partial charge >= 0.3 is 0 Å². The van der Waals surface area contributed by atoms with E-state index in [1.54, 1.807) is 0 Å². The van der Waals surface area contributed by atoms with Gasteiger partial charge in [-0.3, -0.25) is 4.79 Å². The number of phenolic OH excluding ortho intramolecular Hbond substituents is 2. The second kappa shape index (κ2) is 16.3. The van der Waals surface area contributed by atoms with E-state index in [0.29, 0.717) is 0 Å². The van der Waals surface area contributed by atoms with E-state index < -0.39 is 145 Å². The third-order valence-corrected chi connectivity index (χ3v) is 9.59. The Bertz CT molecular complexity index is 1850. The minimum Gasteiger partial charge on any atom is -0.508 e. The van der Waals surface area contributed by atoms with Crippen LogP contribution in [-0.2, 0) is 18.9 Å². The SMILES string of the molecule is COc1c(O[C@@H]2O[C@@H](CO)[C@H](O)[C@@H](O)[C@@H]2O)cc(O)c2c(=O)c(O[C@H]3O[C@@H](CO[C@H]4O[C@H](C)[C@H](O)[C@H](O)[C@@H]4O)[C@@H](O)[C@H](O)[C@H]3O)c(-c3ccc(O)cc3)oc12. The summed E-state index contributed by atoms with van der Waals surface area (Å²) in [4.78, 5) is 14.3. The van der Waals surface area contributed by atoms with Crippen molar-refractivity contribution in [2.45, 2.75) is 99.0 Å². The van der Waals surface area contributed by atoms with Gasteiger partial charge in [0.05, 0.1) is 26.4 Å². The van der Waals surface area contributed by atoms with Crippen LogP contribution in [0.5, 0.6) is 28.7 Å². The van der Waals surface area contributed by atoms with E-state index in [-0.39, 0.29) is 17.1 Å². The molecule has 6 rings (SSSR count).